The molecule has 1 aliphatic rings. The Kier molecular flexibility index (Phi) is 3.25. The van der Waals surface area contributed by atoms with Gasteiger partial charge in [-0.15, -0.1) is 0 Å². The maximum Gasteiger partial charge on any atom is 0.398 e. The normalized spacial score (nSPS) is 17.9. The van der Waals surface area contributed by atoms with Crippen molar-refractivity contribution in [3.05, 3.63) is 23.1 Å². The lowest BCUT2D eigenvalue weighted by Crippen LogP contribution is -2.17. The number of carbonyl (C=O) groups is 1. The molecule has 0 atom stereocenters. The molecule has 7 heteroatoms. The molecule has 2 rings (SSSR count). The van der Waals surface area contributed by atoms with Crippen molar-refractivity contribution in [1.82, 2.24) is 10.3 Å². The Morgan fingerprint density at radius 1 is 1.75 bits per heavy atom. The number of aryl methyl sites for hydroxylation is 1. The predicted octanol–water partition coefficient (Wildman–Crippen LogP) is 1.61. The van der Waals surface area contributed by atoms with E-state index in [0.717, 1.165) is 23.9 Å². The summed E-state index contributed by atoms with van der Waals surface area (Å²) in [5.74, 6) is 0.463. The van der Waals surface area contributed by atoms with Crippen LogP contribution in [0.1, 0.15) is 12.7 Å². The molecule has 1 aromatic heterocycles. The molecule has 0 saturated carbocycles. The number of hydrogen-bond acceptors (Lipinski definition) is 6. The van der Waals surface area contributed by atoms with Crippen molar-refractivity contribution >= 4 is 34.2 Å². The summed E-state index contributed by atoms with van der Waals surface area (Å²) in [7, 11) is 0. The number of hydrogen-bond donors (Lipinski definition) is 1. The van der Waals surface area contributed by atoms with Gasteiger partial charge in [0.25, 0.3) is 5.91 Å². The molecular formula is C9H8N2O3S2. The van der Waals surface area contributed by atoms with Gasteiger partial charge in [-0.05, 0) is 0 Å². The van der Waals surface area contributed by atoms with E-state index in [1.54, 1.807) is 6.20 Å². The zero-order chi connectivity index (χ0) is 11.5. The number of thiocarbonyl (C=S) groups is 1. The molecule has 1 aliphatic heterocycles. The Morgan fingerprint density at radius 2 is 2.56 bits per heavy atom. The maximum atomic E-state index is 11.2. The van der Waals surface area contributed by atoms with Crippen LogP contribution in [0.15, 0.2) is 21.8 Å². The molecule has 0 aromatic carbocycles. The third kappa shape index (κ3) is 2.42. The molecule has 1 fully saturated rings. The van der Waals surface area contributed by atoms with Crippen LogP contribution in [0.4, 0.5) is 0 Å². The van der Waals surface area contributed by atoms with E-state index in [1.165, 1.54) is 6.26 Å². The van der Waals surface area contributed by atoms with E-state index < -0.39 is 0 Å². The lowest BCUT2D eigenvalue weighted by atomic mass is 10.4. The standard InChI is InChI=1S/C9H8N2O3S2/c1-2-5-3-10-8(14-5)13-4-6-7(12)11-9(15)16-6/h3-4H,2H2,1H3,(H,11,12,15). The second kappa shape index (κ2) is 4.67. The van der Waals surface area contributed by atoms with Crippen molar-refractivity contribution in [2.75, 3.05) is 0 Å². The molecule has 1 N–H and O–H groups in total. The van der Waals surface area contributed by atoms with Gasteiger partial charge in [0.2, 0.25) is 0 Å². The molecule has 1 saturated heterocycles. The van der Waals surface area contributed by atoms with Crippen molar-refractivity contribution < 1.29 is 13.9 Å². The fourth-order valence-electron chi connectivity index (χ4n) is 1.02. The van der Waals surface area contributed by atoms with Crippen molar-refractivity contribution in [1.29, 1.82) is 0 Å². The Morgan fingerprint density at radius 3 is 3.12 bits per heavy atom. The van der Waals surface area contributed by atoms with Gasteiger partial charge in [-0.3, -0.25) is 4.79 Å². The average molecular weight is 256 g/mol. The zero-order valence-electron chi connectivity index (χ0n) is 8.35. The number of aromatic nitrogens is 1. The molecule has 0 aliphatic carbocycles. The molecule has 16 heavy (non-hydrogen) atoms. The second-order valence-corrected chi connectivity index (χ2v) is 4.61. The van der Waals surface area contributed by atoms with Crippen LogP contribution < -0.4 is 10.1 Å². The number of thioether (sulfide) groups is 1. The van der Waals surface area contributed by atoms with Gasteiger partial charge in [0.1, 0.15) is 21.2 Å². The molecule has 0 unspecified atom stereocenters. The maximum absolute atomic E-state index is 11.2. The van der Waals surface area contributed by atoms with Crippen LogP contribution in [0, 0.1) is 0 Å². The van der Waals surface area contributed by atoms with Crippen molar-refractivity contribution in [2.24, 2.45) is 0 Å². The highest BCUT2D eigenvalue weighted by molar-refractivity contribution is 8.26. The van der Waals surface area contributed by atoms with Crippen LogP contribution in [0.25, 0.3) is 0 Å². The molecular weight excluding hydrogens is 248 g/mol. The summed E-state index contributed by atoms with van der Waals surface area (Å²) in [6.07, 6.45) is 3.73. The second-order valence-electron chi connectivity index (χ2n) is 2.89. The first-order valence-electron chi connectivity index (χ1n) is 4.53. The quantitative estimate of drug-likeness (QED) is 0.503. The summed E-state index contributed by atoms with van der Waals surface area (Å²) < 4.78 is 10.7. The molecule has 0 radical (unpaired) electrons. The molecule has 0 spiro atoms. The van der Waals surface area contributed by atoms with Gasteiger partial charge in [0.05, 0.1) is 6.20 Å². The molecule has 2 heterocycles. The molecule has 84 valence electrons. The summed E-state index contributed by atoms with van der Waals surface area (Å²) in [5.41, 5.74) is 0. The van der Waals surface area contributed by atoms with Crippen LogP contribution in [-0.4, -0.2) is 15.2 Å². The van der Waals surface area contributed by atoms with E-state index >= 15 is 0 Å². The minimum atomic E-state index is -0.266. The van der Waals surface area contributed by atoms with Gasteiger partial charge in [-0.2, -0.15) is 4.98 Å². The fourth-order valence-corrected chi connectivity index (χ4v) is 1.96. The highest BCUT2D eigenvalue weighted by Crippen LogP contribution is 2.23. The largest absolute Gasteiger partial charge is 0.418 e. The van der Waals surface area contributed by atoms with Crippen LogP contribution in [0.2, 0.25) is 0 Å². The molecule has 1 amide bonds. The SMILES string of the molecule is CCc1cnc(OC=C2SC(=S)NC2=O)o1. The van der Waals surface area contributed by atoms with Crippen molar-refractivity contribution in [2.45, 2.75) is 13.3 Å². The number of rotatable bonds is 3. The van der Waals surface area contributed by atoms with E-state index in [-0.39, 0.29) is 12.0 Å². The van der Waals surface area contributed by atoms with Gasteiger partial charge in [-0.1, -0.05) is 30.9 Å². The Bertz CT molecular complexity index is 467. The third-order valence-electron chi connectivity index (χ3n) is 1.79. The van der Waals surface area contributed by atoms with Crippen LogP contribution in [-0.2, 0) is 11.2 Å². The van der Waals surface area contributed by atoms with E-state index in [0.29, 0.717) is 9.23 Å². The third-order valence-corrected chi connectivity index (χ3v) is 2.93. The summed E-state index contributed by atoms with van der Waals surface area (Å²) in [6, 6.07) is 0. The highest BCUT2D eigenvalue weighted by atomic mass is 32.2. The van der Waals surface area contributed by atoms with Crippen LogP contribution in [0.5, 0.6) is 6.08 Å². The summed E-state index contributed by atoms with van der Waals surface area (Å²) in [5, 5.41) is 2.48. The Hall–Kier alpha value is -1.34. The smallest absolute Gasteiger partial charge is 0.398 e. The minimum Gasteiger partial charge on any atom is -0.418 e. The first kappa shape index (κ1) is 11.2. The van der Waals surface area contributed by atoms with E-state index in [2.05, 4.69) is 10.3 Å². The number of nitrogens with zero attached hydrogens (tertiary/aromatic N) is 1. The lowest BCUT2D eigenvalue weighted by Gasteiger charge is -1.93. The number of nitrogens with one attached hydrogen (secondary N) is 1. The monoisotopic (exact) mass is 256 g/mol. The van der Waals surface area contributed by atoms with Crippen LogP contribution in [0.3, 0.4) is 0 Å². The van der Waals surface area contributed by atoms with Crippen molar-refractivity contribution in [3.63, 3.8) is 0 Å². The van der Waals surface area contributed by atoms with Gasteiger partial charge < -0.3 is 14.5 Å². The molecule has 1 aromatic rings. The summed E-state index contributed by atoms with van der Waals surface area (Å²) in [4.78, 5) is 15.5. The molecule has 5 nitrogen and oxygen atoms in total. The van der Waals surface area contributed by atoms with Gasteiger partial charge in [0.15, 0.2) is 0 Å². The van der Waals surface area contributed by atoms with E-state index in [4.69, 9.17) is 21.4 Å². The summed E-state index contributed by atoms with van der Waals surface area (Å²) in [6.45, 7) is 1.95. The number of ether oxygens (including phenoxy) is 1. The first-order chi connectivity index (χ1) is 7.69. The zero-order valence-corrected chi connectivity index (χ0v) is 9.98. The first-order valence-corrected chi connectivity index (χ1v) is 5.76. The predicted molar refractivity (Wildman–Crippen MR) is 62.9 cm³/mol. The summed E-state index contributed by atoms with van der Waals surface area (Å²) >= 11 is 5.97. The average Bonchev–Trinajstić information content (AvgIpc) is 2.82. The fraction of sp³-hybridized carbons (Fsp3) is 0.222. The number of carbonyl (C=O) groups excluding carboxylic acids is 1. The van der Waals surface area contributed by atoms with Crippen molar-refractivity contribution in [3.8, 4) is 6.08 Å². The van der Waals surface area contributed by atoms with E-state index in [9.17, 15) is 4.79 Å². The lowest BCUT2D eigenvalue weighted by molar-refractivity contribution is -0.115. The van der Waals surface area contributed by atoms with Gasteiger partial charge >= 0.3 is 6.08 Å². The van der Waals surface area contributed by atoms with Gasteiger partial charge in [-0.25, -0.2) is 0 Å². The van der Waals surface area contributed by atoms with E-state index in [1.807, 2.05) is 6.92 Å². The van der Waals surface area contributed by atoms with Gasteiger partial charge in [0, 0.05) is 6.42 Å². The van der Waals surface area contributed by atoms with Crippen LogP contribution >= 0.6 is 24.0 Å². The number of oxazole rings is 1. The topological polar surface area (TPSA) is 64.4 Å². The Labute approximate surface area is 101 Å². The Balaban J connectivity index is 2.03. The number of amides is 1. The highest BCUT2D eigenvalue weighted by Gasteiger charge is 2.22. The minimum absolute atomic E-state index is 0.121. The molecule has 0 bridgehead atoms.